The molecule has 4 heteroatoms. The lowest BCUT2D eigenvalue weighted by Crippen LogP contribution is -2.20. The first-order valence-corrected chi connectivity index (χ1v) is 6.50. The van der Waals surface area contributed by atoms with E-state index in [2.05, 4.69) is 45.7 Å². The van der Waals surface area contributed by atoms with E-state index in [1.54, 1.807) is 17.6 Å². The Bertz CT molecular complexity index is 410. The second-order valence-electron chi connectivity index (χ2n) is 3.14. The van der Waals surface area contributed by atoms with E-state index >= 15 is 0 Å². The summed E-state index contributed by atoms with van der Waals surface area (Å²) in [4.78, 5) is 1.27. The highest BCUT2D eigenvalue weighted by molar-refractivity contribution is 9.10. The van der Waals surface area contributed by atoms with Gasteiger partial charge in [0.25, 0.3) is 0 Å². The molecule has 0 saturated heterocycles. The molecule has 0 spiro atoms. The number of nitrogens with one attached hydrogen (secondary N) is 1. The predicted octanol–water partition coefficient (Wildman–Crippen LogP) is 3.80. The summed E-state index contributed by atoms with van der Waals surface area (Å²) in [7, 11) is 0. The Morgan fingerprint density at radius 3 is 2.93 bits per heavy atom. The van der Waals surface area contributed by atoms with Crippen LogP contribution in [0.2, 0.25) is 0 Å². The molecular weight excluding hydrogens is 274 g/mol. The minimum Gasteiger partial charge on any atom is -0.466 e. The van der Waals surface area contributed by atoms with Crippen LogP contribution in [-0.4, -0.2) is 6.54 Å². The predicted molar refractivity (Wildman–Crippen MR) is 66.2 cm³/mol. The molecule has 2 rings (SSSR count). The third kappa shape index (κ3) is 2.33. The van der Waals surface area contributed by atoms with Gasteiger partial charge in [0.2, 0.25) is 0 Å². The zero-order chi connectivity index (χ0) is 10.7. The average molecular weight is 286 g/mol. The molecule has 0 aliphatic rings. The molecular formula is C11H12BrNOS. The average Bonchev–Trinajstić information content (AvgIpc) is 2.85. The Morgan fingerprint density at radius 1 is 1.53 bits per heavy atom. The Labute approximate surface area is 101 Å². The molecule has 2 nitrogen and oxygen atoms in total. The van der Waals surface area contributed by atoms with Crippen LogP contribution in [0.5, 0.6) is 0 Å². The smallest absolute Gasteiger partial charge is 0.140 e. The van der Waals surface area contributed by atoms with E-state index in [1.807, 2.05) is 6.07 Å². The summed E-state index contributed by atoms with van der Waals surface area (Å²) in [6, 6.07) is 6.25. The number of rotatable bonds is 4. The van der Waals surface area contributed by atoms with E-state index in [4.69, 9.17) is 4.42 Å². The van der Waals surface area contributed by atoms with Gasteiger partial charge in [-0.1, -0.05) is 13.0 Å². The van der Waals surface area contributed by atoms with Crippen LogP contribution in [0.4, 0.5) is 0 Å². The second kappa shape index (κ2) is 4.96. The number of halogens is 1. The van der Waals surface area contributed by atoms with E-state index in [1.165, 1.54) is 4.88 Å². The Kier molecular flexibility index (Phi) is 3.61. The van der Waals surface area contributed by atoms with Gasteiger partial charge >= 0.3 is 0 Å². The van der Waals surface area contributed by atoms with Crippen LogP contribution >= 0.6 is 27.3 Å². The van der Waals surface area contributed by atoms with Crippen LogP contribution in [0.15, 0.2) is 38.7 Å². The van der Waals surface area contributed by atoms with Crippen molar-refractivity contribution in [3.8, 4) is 0 Å². The molecule has 0 aliphatic heterocycles. The summed E-state index contributed by atoms with van der Waals surface area (Å²) in [5, 5.41) is 5.49. The van der Waals surface area contributed by atoms with Crippen LogP contribution in [-0.2, 0) is 0 Å². The highest BCUT2D eigenvalue weighted by Gasteiger charge is 2.19. The largest absolute Gasteiger partial charge is 0.466 e. The lowest BCUT2D eigenvalue weighted by atomic mass is 10.2. The molecule has 2 heterocycles. The third-order valence-corrected chi connectivity index (χ3v) is 3.74. The molecule has 0 amide bonds. The number of thiophene rings is 1. The van der Waals surface area contributed by atoms with Crippen molar-refractivity contribution in [2.24, 2.45) is 0 Å². The van der Waals surface area contributed by atoms with Crippen LogP contribution < -0.4 is 5.32 Å². The normalized spacial score (nSPS) is 12.9. The van der Waals surface area contributed by atoms with E-state index in [0.717, 1.165) is 16.8 Å². The third-order valence-electron chi connectivity index (χ3n) is 2.14. The standard InChI is InChI=1S/C11H12BrNOS/c1-2-13-10(9-4-3-7-15-9)11-8(12)5-6-14-11/h3-7,10,13H,2H2,1H3. The molecule has 80 valence electrons. The van der Waals surface area contributed by atoms with Gasteiger partial charge in [-0.3, -0.25) is 0 Å². The minimum atomic E-state index is 0.152. The molecule has 2 aromatic heterocycles. The lowest BCUT2D eigenvalue weighted by molar-refractivity contribution is 0.453. The van der Waals surface area contributed by atoms with Crippen LogP contribution in [0.25, 0.3) is 0 Å². The second-order valence-corrected chi connectivity index (χ2v) is 4.97. The SMILES string of the molecule is CCNC(c1cccs1)c1occc1Br. The molecule has 0 bridgehead atoms. The maximum atomic E-state index is 5.50. The summed E-state index contributed by atoms with van der Waals surface area (Å²) < 4.78 is 6.52. The van der Waals surface area contributed by atoms with Crippen molar-refractivity contribution in [2.45, 2.75) is 13.0 Å². The fraction of sp³-hybridized carbons (Fsp3) is 0.273. The monoisotopic (exact) mass is 285 g/mol. The molecule has 15 heavy (non-hydrogen) atoms. The van der Waals surface area contributed by atoms with Crippen molar-refractivity contribution in [2.75, 3.05) is 6.54 Å². The van der Waals surface area contributed by atoms with Gasteiger partial charge in [0.15, 0.2) is 0 Å². The quantitative estimate of drug-likeness (QED) is 0.924. The number of hydrogen-bond donors (Lipinski definition) is 1. The van der Waals surface area contributed by atoms with Gasteiger partial charge in [0, 0.05) is 4.88 Å². The van der Waals surface area contributed by atoms with Gasteiger partial charge in [0.1, 0.15) is 11.8 Å². The van der Waals surface area contributed by atoms with Gasteiger partial charge in [-0.05, 0) is 40.0 Å². The summed E-state index contributed by atoms with van der Waals surface area (Å²) in [5.41, 5.74) is 0. The van der Waals surface area contributed by atoms with Crippen LogP contribution in [0.3, 0.4) is 0 Å². The maximum Gasteiger partial charge on any atom is 0.140 e. The topological polar surface area (TPSA) is 25.2 Å². The van der Waals surface area contributed by atoms with Gasteiger partial charge in [-0.2, -0.15) is 0 Å². The molecule has 0 fully saturated rings. The molecule has 1 atom stereocenters. The van der Waals surface area contributed by atoms with Crippen LogP contribution in [0.1, 0.15) is 23.6 Å². The fourth-order valence-electron chi connectivity index (χ4n) is 1.49. The summed E-state index contributed by atoms with van der Waals surface area (Å²) in [6.45, 7) is 3.01. The molecule has 0 radical (unpaired) electrons. The van der Waals surface area contributed by atoms with Gasteiger partial charge < -0.3 is 9.73 Å². The van der Waals surface area contributed by atoms with Crippen molar-refractivity contribution in [3.05, 3.63) is 45.0 Å². The van der Waals surface area contributed by atoms with Crippen LogP contribution in [0, 0.1) is 0 Å². The van der Waals surface area contributed by atoms with Crippen molar-refractivity contribution >= 4 is 27.3 Å². The molecule has 1 unspecified atom stereocenters. The van der Waals surface area contributed by atoms with Crippen molar-refractivity contribution in [3.63, 3.8) is 0 Å². The van der Waals surface area contributed by atoms with E-state index in [9.17, 15) is 0 Å². The first-order chi connectivity index (χ1) is 7.33. The van der Waals surface area contributed by atoms with Gasteiger partial charge in [-0.25, -0.2) is 0 Å². The lowest BCUT2D eigenvalue weighted by Gasteiger charge is -2.14. The Morgan fingerprint density at radius 2 is 2.40 bits per heavy atom. The molecule has 1 N–H and O–H groups in total. The molecule has 0 saturated carbocycles. The molecule has 2 aromatic rings. The minimum absolute atomic E-state index is 0.152. The Balaban J connectivity index is 2.32. The highest BCUT2D eigenvalue weighted by atomic mass is 79.9. The zero-order valence-electron chi connectivity index (χ0n) is 8.37. The van der Waals surface area contributed by atoms with Crippen molar-refractivity contribution < 1.29 is 4.42 Å². The fourth-order valence-corrected chi connectivity index (χ4v) is 2.72. The number of hydrogen-bond acceptors (Lipinski definition) is 3. The maximum absolute atomic E-state index is 5.50. The zero-order valence-corrected chi connectivity index (χ0v) is 10.8. The first kappa shape index (κ1) is 10.9. The van der Waals surface area contributed by atoms with E-state index < -0.39 is 0 Å². The molecule has 0 aliphatic carbocycles. The van der Waals surface area contributed by atoms with Crippen molar-refractivity contribution in [1.29, 1.82) is 0 Å². The summed E-state index contributed by atoms with van der Waals surface area (Å²) >= 11 is 5.23. The van der Waals surface area contributed by atoms with Crippen molar-refractivity contribution in [1.82, 2.24) is 5.32 Å². The highest BCUT2D eigenvalue weighted by Crippen LogP contribution is 2.31. The van der Waals surface area contributed by atoms with Gasteiger partial charge in [0.05, 0.1) is 10.7 Å². The summed E-state index contributed by atoms with van der Waals surface area (Å²) in [6.07, 6.45) is 1.71. The summed E-state index contributed by atoms with van der Waals surface area (Å²) in [5.74, 6) is 0.944. The first-order valence-electron chi connectivity index (χ1n) is 4.82. The van der Waals surface area contributed by atoms with E-state index in [-0.39, 0.29) is 6.04 Å². The number of furan rings is 1. The molecule has 0 aromatic carbocycles. The van der Waals surface area contributed by atoms with Gasteiger partial charge in [-0.15, -0.1) is 11.3 Å². The Hall–Kier alpha value is -0.580. The van der Waals surface area contributed by atoms with E-state index in [0.29, 0.717) is 0 Å².